The van der Waals surface area contributed by atoms with Crippen LogP contribution in [0.25, 0.3) is 0 Å². The third-order valence-electron chi connectivity index (χ3n) is 3.19. The van der Waals surface area contributed by atoms with Crippen LogP contribution in [0.5, 0.6) is 0 Å². The van der Waals surface area contributed by atoms with E-state index in [1.54, 1.807) is 0 Å². The fourth-order valence-electron chi connectivity index (χ4n) is 2.00. The lowest BCUT2D eigenvalue weighted by molar-refractivity contribution is -0.139. The number of ether oxygens (including phenoxy) is 1. The first-order valence-electron chi connectivity index (χ1n) is 6.87. The van der Waals surface area contributed by atoms with E-state index in [0.29, 0.717) is 0 Å². The molecule has 3 N–H and O–H groups in total. The van der Waals surface area contributed by atoms with Gasteiger partial charge in [-0.05, 0) is 24.5 Å². The number of methoxy groups -OCH3 is 1. The molecular weight excluding hydrogens is 272 g/mol. The van der Waals surface area contributed by atoms with E-state index in [1.807, 2.05) is 32.0 Å². The molecule has 21 heavy (non-hydrogen) atoms. The lowest BCUT2D eigenvalue weighted by Gasteiger charge is -2.17. The highest BCUT2D eigenvalue weighted by atomic mass is 16.5. The van der Waals surface area contributed by atoms with Crippen molar-refractivity contribution in [3.8, 4) is 0 Å². The molecule has 1 atom stereocenters. The third kappa shape index (κ3) is 5.07. The van der Waals surface area contributed by atoms with Crippen LogP contribution in [0.1, 0.15) is 24.5 Å². The van der Waals surface area contributed by atoms with Crippen molar-refractivity contribution in [3.63, 3.8) is 0 Å². The second-order valence-electron chi connectivity index (χ2n) is 4.73. The zero-order valence-corrected chi connectivity index (χ0v) is 12.6. The molecule has 1 aromatic rings. The molecular formula is C15H22N2O4. The van der Waals surface area contributed by atoms with Crippen molar-refractivity contribution in [2.75, 3.05) is 19.0 Å². The first-order chi connectivity index (χ1) is 9.99. The van der Waals surface area contributed by atoms with Crippen LogP contribution in [0, 0.1) is 6.92 Å². The standard InChI is InChI=1S/C15H22N2O4/c1-4-11-7-5-6-10(2)13(11)17-15(20)16-12(14(18)19)8-9-21-3/h5-7,12H,4,8-9H2,1-3H3,(H,18,19)(H2,16,17,20). The molecule has 1 aromatic carbocycles. The number of hydrogen-bond acceptors (Lipinski definition) is 3. The Bertz CT molecular complexity index is 502. The molecule has 6 heteroatoms. The normalized spacial score (nSPS) is 11.8. The molecule has 0 spiro atoms. The van der Waals surface area contributed by atoms with Crippen molar-refractivity contribution in [2.24, 2.45) is 0 Å². The molecule has 2 amide bonds. The predicted octanol–water partition coefficient (Wildman–Crippen LogP) is 2.17. The minimum absolute atomic E-state index is 0.216. The fourth-order valence-corrected chi connectivity index (χ4v) is 2.00. The van der Waals surface area contributed by atoms with Crippen LogP contribution in [-0.2, 0) is 16.0 Å². The molecule has 0 aromatic heterocycles. The van der Waals surface area contributed by atoms with Crippen LogP contribution in [0.2, 0.25) is 0 Å². The molecule has 0 aliphatic heterocycles. The number of benzene rings is 1. The molecule has 1 unspecified atom stereocenters. The van der Waals surface area contributed by atoms with E-state index < -0.39 is 18.0 Å². The Balaban J connectivity index is 2.74. The topological polar surface area (TPSA) is 87.7 Å². The number of amides is 2. The molecule has 0 fully saturated rings. The minimum atomic E-state index is -1.08. The molecule has 0 radical (unpaired) electrons. The Hall–Kier alpha value is -2.08. The van der Waals surface area contributed by atoms with Gasteiger partial charge >= 0.3 is 12.0 Å². The van der Waals surface area contributed by atoms with Crippen LogP contribution < -0.4 is 10.6 Å². The van der Waals surface area contributed by atoms with E-state index in [0.717, 1.165) is 23.2 Å². The number of para-hydroxylation sites is 1. The SMILES string of the molecule is CCc1cccc(C)c1NC(=O)NC(CCOC)C(=O)O. The summed E-state index contributed by atoms with van der Waals surface area (Å²) in [5.74, 6) is -1.08. The average Bonchev–Trinajstić information content (AvgIpc) is 2.45. The van der Waals surface area contributed by atoms with E-state index in [9.17, 15) is 9.59 Å². The summed E-state index contributed by atoms with van der Waals surface area (Å²) in [5, 5.41) is 14.3. The monoisotopic (exact) mass is 294 g/mol. The highest BCUT2D eigenvalue weighted by Crippen LogP contribution is 2.20. The summed E-state index contributed by atoms with van der Waals surface area (Å²) < 4.78 is 4.84. The molecule has 6 nitrogen and oxygen atoms in total. The Morgan fingerprint density at radius 1 is 1.38 bits per heavy atom. The molecule has 1 rings (SSSR count). The Labute approximate surface area is 124 Å². The first kappa shape index (κ1) is 17.0. The van der Waals surface area contributed by atoms with Crippen LogP contribution in [0.4, 0.5) is 10.5 Å². The molecule has 0 heterocycles. The highest BCUT2D eigenvalue weighted by molar-refractivity contribution is 5.93. The van der Waals surface area contributed by atoms with Crippen LogP contribution >= 0.6 is 0 Å². The largest absolute Gasteiger partial charge is 0.480 e. The number of carboxylic acid groups (broad SMARTS) is 1. The lowest BCUT2D eigenvalue weighted by Crippen LogP contribution is -2.43. The number of nitrogens with one attached hydrogen (secondary N) is 2. The van der Waals surface area contributed by atoms with Crippen LogP contribution in [0.3, 0.4) is 0 Å². The van der Waals surface area contributed by atoms with Gasteiger partial charge in [-0.1, -0.05) is 25.1 Å². The van der Waals surface area contributed by atoms with Gasteiger partial charge in [0.1, 0.15) is 6.04 Å². The molecule has 0 aliphatic carbocycles. The number of anilines is 1. The minimum Gasteiger partial charge on any atom is -0.480 e. The average molecular weight is 294 g/mol. The number of carboxylic acids is 1. The van der Waals surface area contributed by atoms with E-state index in [4.69, 9.17) is 9.84 Å². The highest BCUT2D eigenvalue weighted by Gasteiger charge is 2.20. The van der Waals surface area contributed by atoms with Gasteiger partial charge in [0.2, 0.25) is 0 Å². The van der Waals surface area contributed by atoms with Crippen LogP contribution in [0.15, 0.2) is 18.2 Å². The summed E-state index contributed by atoms with van der Waals surface area (Å²) in [6.07, 6.45) is 0.997. The fraction of sp³-hybridized carbons (Fsp3) is 0.467. The number of hydrogen-bond donors (Lipinski definition) is 3. The van der Waals surface area contributed by atoms with Crippen molar-refractivity contribution in [1.82, 2.24) is 5.32 Å². The quantitative estimate of drug-likeness (QED) is 0.719. The number of aryl methyl sites for hydroxylation is 2. The van der Waals surface area contributed by atoms with Crippen molar-refractivity contribution >= 4 is 17.7 Å². The van der Waals surface area contributed by atoms with Crippen molar-refractivity contribution < 1.29 is 19.4 Å². The number of aliphatic carboxylic acids is 1. The molecule has 0 bridgehead atoms. The zero-order chi connectivity index (χ0) is 15.8. The van der Waals surface area contributed by atoms with Crippen molar-refractivity contribution in [3.05, 3.63) is 29.3 Å². The Morgan fingerprint density at radius 3 is 2.67 bits per heavy atom. The van der Waals surface area contributed by atoms with Gasteiger partial charge in [-0.15, -0.1) is 0 Å². The van der Waals surface area contributed by atoms with Gasteiger partial charge in [0.25, 0.3) is 0 Å². The smallest absolute Gasteiger partial charge is 0.326 e. The number of rotatable bonds is 7. The summed E-state index contributed by atoms with van der Waals surface area (Å²) >= 11 is 0. The van der Waals surface area contributed by atoms with E-state index in [2.05, 4.69) is 10.6 Å². The maximum Gasteiger partial charge on any atom is 0.326 e. The summed E-state index contributed by atoms with van der Waals surface area (Å²) in [5.41, 5.74) is 2.68. The number of urea groups is 1. The predicted molar refractivity (Wildman–Crippen MR) is 80.6 cm³/mol. The van der Waals surface area contributed by atoms with Gasteiger partial charge in [0.15, 0.2) is 0 Å². The molecule has 0 saturated carbocycles. The first-order valence-corrected chi connectivity index (χ1v) is 6.87. The number of carbonyl (C=O) groups excluding carboxylic acids is 1. The summed E-state index contributed by atoms with van der Waals surface area (Å²) in [4.78, 5) is 23.1. The van der Waals surface area contributed by atoms with Gasteiger partial charge in [-0.25, -0.2) is 9.59 Å². The molecule has 0 aliphatic rings. The molecule has 0 saturated heterocycles. The second-order valence-corrected chi connectivity index (χ2v) is 4.73. The van der Waals surface area contributed by atoms with Gasteiger partial charge in [0.05, 0.1) is 0 Å². The van der Waals surface area contributed by atoms with Gasteiger partial charge in [0, 0.05) is 25.8 Å². The van der Waals surface area contributed by atoms with Gasteiger partial charge < -0.3 is 20.5 Å². The Kier molecular flexibility index (Phi) is 6.68. The van der Waals surface area contributed by atoms with Crippen molar-refractivity contribution in [1.29, 1.82) is 0 Å². The van der Waals surface area contributed by atoms with E-state index in [-0.39, 0.29) is 13.0 Å². The third-order valence-corrected chi connectivity index (χ3v) is 3.19. The molecule has 116 valence electrons. The van der Waals surface area contributed by atoms with E-state index in [1.165, 1.54) is 7.11 Å². The summed E-state index contributed by atoms with van der Waals surface area (Å²) in [6.45, 7) is 4.16. The van der Waals surface area contributed by atoms with Gasteiger partial charge in [-0.2, -0.15) is 0 Å². The summed E-state index contributed by atoms with van der Waals surface area (Å²) in [6, 6.07) is 4.26. The van der Waals surface area contributed by atoms with Crippen molar-refractivity contribution in [2.45, 2.75) is 32.7 Å². The lowest BCUT2D eigenvalue weighted by atomic mass is 10.1. The number of carbonyl (C=O) groups is 2. The summed E-state index contributed by atoms with van der Waals surface area (Å²) in [7, 11) is 1.49. The maximum atomic E-state index is 12.0. The second kappa shape index (κ2) is 8.26. The maximum absolute atomic E-state index is 12.0. The zero-order valence-electron chi connectivity index (χ0n) is 12.6. The van der Waals surface area contributed by atoms with E-state index >= 15 is 0 Å². The van der Waals surface area contributed by atoms with Crippen LogP contribution in [-0.4, -0.2) is 36.9 Å². The Morgan fingerprint density at radius 2 is 2.10 bits per heavy atom. The van der Waals surface area contributed by atoms with Gasteiger partial charge in [-0.3, -0.25) is 0 Å².